The SMILES string of the molecule is C/C=C/CNC(=NCCSCc1nc(CN)sc1CCC)N[N+](=O)[O-]. The first kappa shape index (κ1) is 21.4. The van der Waals surface area contributed by atoms with Crippen molar-refractivity contribution in [3.8, 4) is 0 Å². The second kappa shape index (κ2) is 12.7. The first-order chi connectivity index (χ1) is 12.1. The van der Waals surface area contributed by atoms with Gasteiger partial charge in [0, 0.05) is 29.5 Å². The van der Waals surface area contributed by atoms with Gasteiger partial charge in [-0.2, -0.15) is 11.8 Å². The second-order valence-corrected chi connectivity index (χ2v) is 7.31. The zero-order valence-electron chi connectivity index (χ0n) is 14.7. The molecule has 0 aliphatic heterocycles. The third kappa shape index (κ3) is 8.84. The molecule has 0 radical (unpaired) electrons. The number of hydrazine groups is 1. The van der Waals surface area contributed by atoms with E-state index in [-0.39, 0.29) is 5.96 Å². The lowest BCUT2D eigenvalue weighted by Gasteiger charge is -2.05. The van der Waals surface area contributed by atoms with Crippen LogP contribution in [0.25, 0.3) is 0 Å². The molecular formula is C15H26N6O2S2. The maximum Gasteiger partial charge on any atom is 0.254 e. The molecule has 10 heteroatoms. The van der Waals surface area contributed by atoms with Crippen LogP contribution in [-0.2, 0) is 18.7 Å². The standard InChI is InChI=1S/C15H26N6O2S2/c1-3-5-7-17-15(20-21(22)23)18-8-9-24-11-12-13(6-4-2)25-14(10-16)19-12/h3,5H,4,6-11,16H2,1-2H3,(H2,17,18,20)/b5-3+. The van der Waals surface area contributed by atoms with Gasteiger partial charge in [0.15, 0.2) is 5.03 Å². The molecule has 4 N–H and O–H groups in total. The van der Waals surface area contributed by atoms with E-state index in [1.54, 1.807) is 23.1 Å². The number of thioether (sulfide) groups is 1. The van der Waals surface area contributed by atoms with Crippen molar-refractivity contribution in [2.24, 2.45) is 10.7 Å². The van der Waals surface area contributed by atoms with Crippen LogP contribution in [0.15, 0.2) is 17.1 Å². The summed E-state index contributed by atoms with van der Waals surface area (Å²) in [6, 6.07) is 0. The molecule has 0 saturated carbocycles. The molecule has 1 aromatic heterocycles. The number of rotatable bonds is 11. The molecule has 25 heavy (non-hydrogen) atoms. The predicted octanol–water partition coefficient (Wildman–Crippen LogP) is 2.09. The molecule has 0 amide bonds. The summed E-state index contributed by atoms with van der Waals surface area (Å²) < 4.78 is 0. The highest BCUT2D eigenvalue weighted by atomic mass is 32.2. The van der Waals surface area contributed by atoms with Gasteiger partial charge in [0.25, 0.3) is 5.96 Å². The fourth-order valence-electron chi connectivity index (χ4n) is 1.94. The van der Waals surface area contributed by atoms with Crippen molar-refractivity contribution in [3.63, 3.8) is 0 Å². The summed E-state index contributed by atoms with van der Waals surface area (Å²) in [5, 5.41) is 13.8. The van der Waals surface area contributed by atoms with E-state index < -0.39 is 5.03 Å². The Bertz CT molecular complexity index is 589. The molecule has 0 aromatic carbocycles. The second-order valence-electron chi connectivity index (χ2n) is 5.03. The summed E-state index contributed by atoms with van der Waals surface area (Å²) in [6.07, 6.45) is 5.84. The van der Waals surface area contributed by atoms with Crippen LogP contribution < -0.4 is 16.5 Å². The molecule has 0 saturated heterocycles. The molecular weight excluding hydrogens is 360 g/mol. The summed E-state index contributed by atoms with van der Waals surface area (Å²) in [5.74, 6) is 1.75. The minimum Gasteiger partial charge on any atom is -0.348 e. The molecule has 0 aliphatic carbocycles. The average Bonchev–Trinajstić information content (AvgIpc) is 2.96. The van der Waals surface area contributed by atoms with Gasteiger partial charge in [-0.15, -0.1) is 11.3 Å². The number of nitrogens with two attached hydrogens (primary N) is 1. The van der Waals surface area contributed by atoms with Gasteiger partial charge in [-0.25, -0.2) is 20.1 Å². The number of thiazole rings is 1. The number of aliphatic imine (C=N–C) groups is 1. The third-order valence-electron chi connectivity index (χ3n) is 3.04. The number of nitrogens with one attached hydrogen (secondary N) is 2. The van der Waals surface area contributed by atoms with E-state index in [1.807, 2.05) is 19.1 Å². The van der Waals surface area contributed by atoms with Crippen LogP contribution in [0.4, 0.5) is 0 Å². The smallest absolute Gasteiger partial charge is 0.254 e. The predicted molar refractivity (Wildman–Crippen MR) is 105 cm³/mol. The summed E-state index contributed by atoms with van der Waals surface area (Å²) in [7, 11) is 0. The Kier molecular flexibility index (Phi) is 10.8. The van der Waals surface area contributed by atoms with Crippen molar-refractivity contribution < 1.29 is 5.03 Å². The molecule has 1 heterocycles. The van der Waals surface area contributed by atoms with E-state index >= 15 is 0 Å². The van der Waals surface area contributed by atoms with Crippen LogP contribution in [0, 0.1) is 10.1 Å². The van der Waals surface area contributed by atoms with E-state index in [4.69, 9.17) is 5.73 Å². The Balaban J connectivity index is 2.46. The molecule has 0 aliphatic rings. The quantitative estimate of drug-likeness (QED) is 0.133. The number of nitrogens with zero attached hydrogens (tertiary/aromatic N) is 3. The maximum absolute atomic E-state index is 10.6. The van der Waals surface area contributed by atoms with E-state index in [0.717, 1.165) is 35.0 Å². The Labute approximate surface area is 156 Å². The Hall–Kier alpha value is -1.65. The number of guanidine groups is 1. The van der Waals surface area contributed by atoms with Gasteiger partial charge >= 0.3 is 0 Å². The highest BCUT2D eigenvalue weighted by Gasteiger charge is 2.10. The fraction of sp³-hybridized carbons (Fsp3) is 0.600. The lowest BCUT2D eigenvalue weighted by molar-refractivity contribution is -0.525. The van der Waals surface area contributed by atoms with Crippen LogP contribution in [-0.4, -0.2) is 34.8 Å². The molecule has 0 bridgehead atoms. The van der Waals surface area contributed by atoms with Gasteiger partial charge < -0.3 is 11.1 Å². The van der Waals surface area contributed by atoms with Crippen LogP contribution in [0.1, 0.15) is 35.8 Å². The average molecular weight is 387 g/mol. The van der Waals surface area contributed by atoms with Crippen molar-refractivity contribution in [1.29, 1.82) is 0 Å². The number of hydrogen-bond donors (Lipinski definition) is 3. The Morgan fingerprint density at radius 1 is 1.56 bits per heavy atom. The van der Waals surface area contributed by atoms with E-state index in [2.05, 4.69) is 27.6 Å². The number of aromatic nitrogens is 1. The third-order valence-corrected chi connectivity index (χ3v) is 5.17. The molecule has 0 spiro atoms. The van der Waals surface area contributed by atoms with Crippen molar-refractivity contribution in [2.75, 3.05) is 18.8 Å². The van der Waals surface area contributed by atoms with Crippen LogP contribution in [0.3, 0.4) is 0 Å². The number of allylic oxidation sites excluding steroid dienone is 1. The minimum atomic E-state index is -0.616. The van der Waals surface area contributed by atoms with E-state index in [9.17, 15) is 10.1 Å². The normalized spacial score (nSPS) is 11.9. The maximum atomic E-state index is 10.6. The molecule has 1 rings (SSSR count). The zero-order chi connectivity index (χ0) is 18.5. The van der Waals surface area contributed by atoms with Gasteiger partial charge in [0.2, 0.25) is 0 Å². The van der Waals surface area contributed by atoms with Crippen LogP contribution >= 0.6 is 23.1 Å². The van der Waals surface area contributed by atoms with Crippen molar-refractivity contribution >= 4 is 29.1 Å². The summed E-state index contributed by atoms with van der Waals surface area (Å²) in [4.78, 5) is 20.7. The molecule has 1 aromatic rings. The first-order valence-electron chi connectivity index (χ1n) is 8.16. The van der Waals surface area contributed by atoms with Crippen LogP contribution in [0.2, 0.25) is 0 Å². The van der Waals surface area contributed by atoms with Gasteiger partial charge in [0.1, 0.15) is 5.01 Å². The van der Waals surface area contributed by atoms with Gasteiger partial charge in [-0.05, 0) is 13.3 Å². The molecule has 0 atom stereocenters. The first-order valence-corrected chi connectivity index (χ1v) is 10.1. The summed E-state index contributed by atoms with van der Waals surface area (Å²) in [5.41, 5.74) is 8.86. The number of nitro groups is 1. The highest BCUT2D eigenvalue weighted by Crippen LogP contribution is 2.24. The lowest BCUT2D eigenvalue weighted by atomic mass is 10.2. The van der Waals surface area contributed by atoms with Crippen LogP contribution in [0.5, 0.6) is 0 Å². The number of hydrogen-bond acceptors (Lipinski definition) is 7. The zero-order valence-corrected chi connectivity index (χ0v) is 16.3. The van der Waals surface area contributed by atoms with Gasteiger partial charge in [-0.1, -0.05) is 30.9 Å². The van der Waals surface area contributed by atoms with Crippen molar-refractivity contribution in [1.82, 2.24) is 15.7 Å². The van der Waals surface area contributed by atoms with Gasteiger partial charge in [0.05, 0.1) is 12.2 Å². The molecule has 8 nitrogen and oxygen atoms in total. The van der Waals surface area contributed by atoms with E-state index in [1.165, 1.54) is 4.88 Å². The largest absolute Gasteiger partial charge is 0.348 e. The minimum absolute atomic E-state index is 0.175. The Morgan fingerprint density at radius 3 is 3.00 bits per heavy atom. The lowest BCUT2D eigenvalue weighted by Crippen LogP contribution is -2.40. The van der Waals surface area contributed by atoms with Gasteiger partial charge in [-0.3, -0.25) is 0 Å². The molecule has 0 unspecified atom stereocenters. The Morgan fingerprint density at radius 2 is 2.36 bits per heavy atom. The van der Waals surface area contributed by atoms with E-state index in [0.29, 0.717) is 19.6 Å². The summed E-state index contributed by atoms with van der Waals surface area (Å²) in [6.45, 7) is 5.49. The monoisotopic (exact) mass is 386 g/mol. The molecule has 140 valence electrons. The summed E-state index contributed by atoms with van der Waals surface area (Å²) >= 11 is 3.41. The highest BCUT2D eigenvalue weighted by molar-refractivity contribution is 7.98. The molecule has 0 fully saturated rings. The fourth-order valence-corrected chi connectivity index (χ4v) is 3.89. The number of aryl methyl sites for hydroxylation is 1. The topological polar surface area (TPSA) is 118 Å². The van der Waals surface area contributed by atoms with Crippen molar-refractivity contribution in [3.05, 3.63) is 37.8 Å². The van der Waals surface area contributed by atoms with Crippen molar-refractivity contribution in [2.45, 2.75) is 39.0 Å².